The van der Waals surface area contributed by atoms with E-state index in [1.165, 1.54) is 0 Å². The highest BCUT2D eigenvalue weighted by Crippen LogP contribution is 2.16. The van der Waals surface area contributed by atoms with Crippen LogP contribution in [-0.4, -0.2) is 73.0 Å². The van der Waals surface area contributed by atoms with Gasteiger partial charge in [-0.15, -0.1) is 0 Å². The Kier molecular flexibility index (Phi) is 5.46. The third kappa shape index (κ3) is 4.20. The van der Waals surface area contributed by atoms with E-state index in [0.717, 1.165) is 58.1 Å². The summed E-state index contributed by atoms with van der Waals surface area (Å²) in [6, 6.07) is 6.03. The molecule has 1 aromatic rings. The van der Waals surface area contributed by atoms with Gasteiger partial charge in [0.1, 0.15) is 5.82 Å². The number of carbonyl (C=O) groups excluding carboxylic acids is 1. The molecule has 1 atom stereocenters. The highest BCUT2D eigenvalue weighted by molar-refractivity contribution is 5.76. The van der Waals surface area contributed by atoms with Crippen LogP contribution in [0.4, 0.5) is 5.82 Å². The zero-order valence-electron chi connectivity index (χ0n) is 13.7. The zero-order chi connectivity index (χ0) is 16.1. The Morgan fingerprint density at radius 1 is 1.22 bits per heavy atom. The van der Waals surface area contributed by atoms with Crippen LogP contribution in [0, 0.1) is 5.92 Å². The van der Waals surface area contributed by atoms with Crippen LogP contribution in [0.5, 0.6) is 0 Å². The largest absolute Gasteiger partial charge is 0.354 e. The van der Waals surface area contributed by atoms with Gasteiger partial charge < -0.3 is 15.5 Å². The molecule has 0 radical (unpaired) electrons. The van der Waals surface area contributed by atoms with Gasteiger partial charge in [0, 0.05) is 58.4 Å². The molecule has 126 valence electrons. The first-order chi connectivity index (χ1) is 11.3. The number of amides is 1. The van der Waals surface area contributed by atoms with Crippen molar-refractivity contribution in [3.8, 4) is 0 Å². The molecule has 0 spiro atoms. The summed E-state index contributed by atoms with van der Waals surface area (Å²) in [4.78, 5) is 23.4. The molecule has 3 rings (SSSR count). The van der Waals surface area contributed by atoms with Crippen molar-refractivity contribution in [3.63, 3.8) is 0 Å². The predicted molar refractivity (Wildman–Crippen MR) is 91.2 cm³/mol. The minimum atomic E-state index is 0.285. The summed E-state index contributed by atoms with van der Waals surface area (Å²) in [5.74, 6) is 1.84. The fourth-order valence-corrected chi connectivity index (χ4v) is 3.40. The van der Waals surface area contributed by atoms with E-state index in [1.807, 2.05) is 23.2 Å². The lowest BCUT2D eigenvalue weighted by Gasteiger charge is -2.35. The smallest absolute Gasteiger partial charge is 0.223 e. The summed E-state index contributed by atoms with van der Waals surface area (Å²) in [6.45, 7) is 7.23. The van der Waals surface area contributed by atoms with Gasteiger partial charge in [0.15, 0.2) is 0 Å². The van der Waals surface area contributed by atoms with Crippen molar-refractivity contribution in [2.24, 2.45) is 11.7 Å². The van der Waals surface area contributed by atoms with Crippen molar-refractivity contribution in [3.05, 3.63) is 24.4 Å². The number of hydrogen-bond acceptors (Lipinski definition) is 5. The van der Waals surface area contributed by atoms with Crippen molar-refractivity contribution in [1.29, 1.82) is 0 Å². The van der Waals surface area contributed by atoms with E-state index in [1.54, 1.807) is 0 Å². The van der Waals surface area contributed by atoms with E-state index >= 15 is 0 Å². The lowest BCUT2D eigenvalue weighted by molar-refractivity contribution is -0.130. The number of nitrogens with two attached hydrogens (primary N) is 1. The molecule has 2 aliphatic heterocycles. The maximum absolute atomic E-state index is 12.3. The van der Waals surface area contributed by atoms with Gasteiger partial charge in [0.05, 0.1) is 0 Å². The molecule has 1 unspecified atom stereocenters. The van der Waals surface area contributed by atoms with Crippen LogP contribution in [-0.2, 0) is 4.79 Å². The Hall–Kier alpha value is -1.66. The van der Waals surface area contributed by atoms with Crippen LogP contribution >= 0.6 is 0 Å². The van der Waals surface area contributed by atoms with Crippen molar-refractivity contribution in [2.75, 3.05) is 57.3 Å². The molecule has 1 aromatic heterocycles. The van der Waals surface area contributed by atoms with Gasteiger partial charge in [-0.2, -0.15) is 0 Å². The normalized spacial score (nSPS) is 22.6. The maximum Gasteiger partial charge on any atom is 0.223 e. The Bertz CT molecular complexity index is 501. The molecular weight excluding hydrogens is 290 g/mol. The van der Waals surface area contributed by atoms with E-state index in [-0.39, 0.29) is 5.91 Å². The SMILES string of the molecule is NCC1CCN(C(=O)CCN2CCN(c3ccccn3)CC2)C1. The van der Waals surface area contributed by atoms with Gasteiger partial charge in [-0.1, -0.05) is 6.07 Å². The first-order valence-corrected chi connectivity index (χ1v) is 8.62. The Labute approximate surface area is 138 Å². The molecule has 6 heteroatoms. The van der Waals surface area contributed by atoms with Crippen LogP contribution in [0.3, 0.4) is 0 Å². The molecule has 2 aliphatic rings. The van der Waals surface area contributed by atoms with E-state index in [2.05, 4.69) is 20.9 Å². The number of anilines is 1. The fraction of sp³-hybridized carbons (Fsp3) is 0.647. The van der Waals surface area contributed by atoms with Crippen LogP contribution in [0.15, 0.2) is 24.4 Å². The molecule has 0 aromatic carbocycles. The van der Waals surface area contributed by atoms with Crippen molar-refractivity contribution >= 4 is 11.7 Å². The average molecular weight is 317 g/mol. The molecule has 2 saturated heterocycles. The maximum atomic E-state index is 12.3. The summed E-state index contributed by atoms with van der Waals surface area (Å²) in [5.41, 5.74) is 5.69. The number of aromatic nitrogens is 1. The first kappa shape index (κ1) is 16.2. The fourth-order valence-electron chi connectivity index (χ4n) is 3.40. The molecule has 3 heterocycles. The summed E-state index contributed by atoms with van der Waals surface area (Å²) in [7, 11) is 0. The molecule has 0 saturated carbocycles. The second-order valence-corrected chi connectivity index (χ2v) is 6.50. The molecule has 2 fully saturated rings. The number of carbonyl (C=O) groups is 1. The van der Waals surface area contributed by atoms with Crippen LogP contribution < -0.4 is 10.6 Å². The van der Waals surface area contributed by atoms with Crippen molar-refractivity contribution < 1.29 is 4.79 Å². The standard InChI is InChI=1S/C17H27N5O/c18-13-15-4-8-22(14-15)17(23)5-7-20-9-11-21(12-10-20)16-3-1-2-6-19-16/h1-3,6,15H,4-5,7-14,18H2. The third-order valence-corrected chi connectivity index (χ3v) is 4.96. The van der Waals surface area contributed by atoms with E-state index in [9.17, 15) is 4.79 Å². The van der Waals surface area contributed by atoms with Gasteiger partial charge in [0.2, 0.25) is 5.91 Å². The van der Waals surface area contributed by atoms with Gasteiger partial charge in [-0.05, 0) is 31.0 Å². The monoisotopic (exact) mass is 317 g/mol. The van der Waals surface area contributed by atoms with Crippen LogP contribution in [0.25, 0.3) is 0 Å². The minimum absolute atomic E-state index is 0.285. The van der Waals surface area contributed by atoms with E-state index < -0.39 is 0 Å². The van der Waals surface area contributed by atoms with Gasteiger partial charge >= 0.3 is 0 Å². The lowest BCUT2D eigenvalue weighted by Crippen LogP contribution is -2.47. The molecule has 6 nitrogen and oxygen atoms in total. The molecule has 1 amide bonds. The molecular formula is C17H27N5O. The first-order valence-electron chi connectivity index (χ1n) is 8.62. The highest BCUT2D eigenvalue weighted by Gasteiger charge is 2.25. The lowest BCUT2D eigenvalue weighted by atomic mass is 10.1. The minimum Gasteiger partial charge on any atom is -0.354 e. The summed E-state index contributed by atoms with van der Waals surface area (Å²) < 4.78 is 0. The number of nitrogens with zero attached hydrogens (tertiary/aromatic N) is 4. The highest BCUT2D eigenvalue weighted by atomic mass is 16.2. The topological polar surface area (TPSA) is 65.7 Å². The molecule has 2 N–H and O–H groups in total. The van der Waals surface area contributed by atoms with Gasteiger partial charge in [-0.25, -0.2) is 4.98 Å². The number of rotatable bonds is 5. The second kappa shape index (κ2) is 7.75. The third-order valence-electron chi connectivity index (χ3n) is 4.96. The van der Waals surface area contributed by atoms with Gasteiger partial charge in [-0.3, -0.25) is 9.69 Å². The predicted octanol–water partition coefficient (Wildman–Crippen LogP) is 0.401. The number of piperazine rings is 1. The zero-order valence-corrected chi connectivity index (χ0v) is 13.7. The van der Waals surface area contributed by atoms with E-state index in [0.29, 0.717) is 18.9 Å². The summed E-state index contributed by atoms with van der Waals surface area (Å²) in [5, 5.41) is 0. The quantitative estimate of drug-likeness (QED) is 0.852. The number of hydrogen-bond donors (Lipinski definition) is 1. The molecule has 23 heavy (non-hydrogen) atoms. The average Bonchev–Trinajstić information content (AvgIpc) is 3.10. The van der Waals surface area contributed by atoms with E-state index in [4.69, 9.17) is 5.73 Å². The van der Waals surface area contributed by atoms with Crippen LogP contribution in [0.2, 0.25) is 0 Å². The van der Waals surface area contributed by atoms with Gasteiger partial charge in [0.25, 0.3) is 0 Å². The molecule has 0 aliphatic carbocycles. The summed E-state index contributed by atoms with van der Waals surface area (Å²) in [6.07, 6.45) is 3.52. The summed E-state index contributed by atoms with van der Waals surface area (Å²) >= 11 is 0. The Balaban J connectivity index is 1.39. The Morgan fingerprint density at radius 3 is 2.70 bits per heavy atom. The molecule has 0 bridgehead atoms. The van der Waals surface area contributed by atoms with Crippen molar-refractivity contribution in [2.45, 2.75) is 12.8 Å². The Morgan fingerprint density at radius 2 is 2.04 bits per heavy atom. The van der Waals surface area contributed by atoms with Crippen molar-refractivity contribution in [1.82, 2.24) is 14.8 Å². The number of pyridine rings is 1. The van der Waals surface area contributed by atoms with Crippen LogP contribution in [0.1, 0.15) is 12.8 Å². The number of likely N-dealkylation sites (tertiary alicyclic amines) is 1. The second-order valence-electron chi connectivity index (χ2n) is 6.50.